The molecule has 1 fully saturated rings. The van der Waals surface area contributed by atoms with Gasteiger partial charge in [-0.15, -0.1) is 0 Å². The second-order valence-corrected chi connectivity index (χ2v) is 8.97. The molecule has 8 heteroatoms. The molecule has 28 heavy (non-hydrogen) atoms. The topological polar surface area (TPSA) is 83.7 Å². The van der Waals surface area contributed by atoms with Crippen LogP contribution >= 0.6 is 0 Å². The number of carbonyl (C=O) groups excluding carboxylic acids is 1. The van der Waals surface area contributed by atoms with Gasteiger partial charge in [-0.25, -0.2) is 8.42 Å². The molecule has 1 aliphatic heterocycles. The maximum Gasteiger partial charge on any atom is 0.276 e. The molecule has 0 unspecified atom stereocenters. The number of aromatic nitrogens is 1. The number of benzene rings is 2. The first kappa shape index (κ1) is 18.5. The quantitative estimate of drug-likeness (QED) is 0.673. The van der Waals surface area contributed by atoms with E-state index in [0.717, 1.165) is 18.4 Å². The van der Waals surface area contributed by atoms with Crippen molar-refractivity contribution >= 4 is 32.6 Å². The summed E-state index contributed by atoms with van der Waals surface area (Å²) in [7, 11) is -2.29. The fraction of sp³-hybridized carbons (Fsp3) is 0.300. The molecular weight excluding hydrogens is 378 g/mol. The Labute approximate surface area is 163 Å². The summed E-state index contributed by atoms with van der Waals surface area (Å²) >= 11 is 0. The highest BCUT2D eigenvalue weighted by molar-refractivity contribution is 7.92. The van der Waals surface area contributed by atoms with Crippen molar-refractivity contribution in [1.29, 1.82) is 0 Å². The van der Waals surface area contributed by atoms with Crippen molar-refractivity contribution in [2.24, 2.45) is 0 Å². The Balaban J connectivity index is 1.73. The van der Waals surface area contributed by atoms with Crippen LogP contribution in [-0.4, -0.2) is 44.5 Å². The Hall–Kier alpha value is -2.87. The van der Waals surface area contributed by atoms with Gasteiger partial charge in [-0.05, 0) is 50.1 Å². The number of hydrogen-bond donors (Lipinski definition) is 0. The van der Waals surface area contributed by atoms with Crippen LogP contribution in [0.2, 0.25) is 0 Å². The van der Waals surface area contributed by atoms with Gasteiger partial charge in [-0.2, -0.15) is 0 Å². The number of anilines is 1. The Kier molecular flexibility index (Phi) is 4.58. The summed E-state index contributed by atoms with van der Waals surface area (Å²) in [5, 5.41) is 4.31. The van der Waals surface area contributed by atoms with E-state index in [1.54, 1.807) is 23.1 Å². The molecule has 0 spiro atoms. The van der Waals surface area contributed by atoms with E-state index in [4.69, 9.17) is 4.52 Å². The van der Waals surface area contributed by atoms with Gasteiger partial charge in [0, 0.05) is 20.1 Å². The van der Waals surface area contributed by atoms with Gasteiger partial charge in [0.2, 0.25) is 0 Å². The van der Waals surface area contributed by atoms with Gasteiger partial charge in [-0.1, -0.05) is 22.9 Å². The molecule has 3 aromatic rings. The Bertz CT molecular complexity index is 1130. The van der Waals surface area contributed by atoms with Crippen molar-refractivity contribution in [2.75, 3.05) is 24.4 Å². The lowest BCUT2D eigenvalue weighted by Gasteiger charge is -2.19. The highest BCUT2D eigenvalue weighted by atomic mass is 32.2. The fourth-order valence-electron chi connectivity index (χ4n) is 3.35. The molecule has 1 saturated heterocycles. The molecule has 0 N–H and O–H groups in total. The zero-order valence-electron chi connectivity index (χ0n) is 15.8. The lowest BCUT2D eigenvalue weighted by Crippen LogP contribution is -2.28. The highest BCUT2D eigenvalue weighted by Crippen LogP contribution is 2.28. The zero-order valence-corrected chi connectivity index (χ0v) is 16.6. The molecule has 0 bridgehead atoms. The van der Waals surface area contributed by atoms with E-state index in [2.05, 4.69) is 5.16 Å². The molecule has 4 rings (SSSR count). The number of sulfonamides is 1. The molecule has 2 heterocycles. The summed E-state index contributed by atoms with van der Waals surface area (Å²) in [5.41, 5.74) is 2.15. The lowest BCUT2D eigenvalue weighted by molar-refractivity contribution is 0.0784. The lowest BCUT2D eigenvalue weighted by atomic mass is 10.2. The summed E-state index contributed by atoms with van der Waals surface area (Å²) < 4.78 is 32.7. The van der Waals surface area contributed by atoms with Crippen molar-refractivity contribution < 1.29 is 17.7 Å². The maximum absolute atomic E-state index is 13.1. The SMILES string of the molecule is Cc1ccc(N(C)S(=O)(=O)c2ccc3onc(C(=O)N4CCCC4)c3c2)cc1. The fourth-order valence-corrected chi connectivity index (χ4v) is 4.58. The number of rotatable bonds is 4. The minimum absolute atomic E-state index is 0.0850. The molecule has 2 aromatic carbocycles. The van der Waals surface area contributed by atoms with Crippen LogP contribution in [-0.2, 0) is 10.0 Å². The average Bonchev–Trinajstić information content (AvgIpc) is 3.37. The number of nitrogens with zero attached hydrogens (tertiary/aromatic N) is 3. The van der Waals surface area contributed by atoms with Crippen molar-refractivity contribution in [3.05, 3.63) is 53.7 Å². The van der Waals surface area contributed by atoms with Gasteiger partial charge < -0.3 is 9.42 Å². The van der Waals surface area contributed by atoms with Crippen LogP contribution in [0, 0.1) is 6.92 Å². The number of carbonyl (C=O) groups is 1. The van der Waals surface area contributed by atoms with E-state index in [-0.39, 0.29) is 16.5 Å². The van der Waals surface area contributed by atoms with Crippen LogP contribution in [0.15, 0.2) is 51.9 Å². The summed E-state index contributed by atoms with van der Waals surface area (Å²) in [6.07, 6.45) is 1.92. The van der Waals surface area contributed by atoms with Crippen LogP contribution in [0.1, 0.15) is 28.9 Å². The monoisotopic (exact) mass is 399 g/mol. The minimum atomic E-state index is -3.80. The molecule has 1 amide bonds. The molecule has 146 valence electrons. The molecule has 0 atom stereocenters. The Morgan fingerprint density at radius 3 is 2.46 bits per heavy atom. The molecule has 1 aromatic heterocycles. The predicted octanol–water partition coefficient (Wildman–Crippen LogP) is 3.20. The minimum Gasteiger partial charge on any atom is -0.355 e. The van der Waals surface area contributed by atoms with Gasteiger partial charge in [0.1, 0.15) is 0 Å². The molecule has 0 radical (unpaired) electrons. The Morgan fingerprint density at radius 1 is 1.11 bits per heavy atom. The number of likely N-dealkylation sites (tertiary alicyclic amines) is 1. The molecule has 7 nitrogen and oxygen atoms in total. The number of hydrogen-bond acceptors (Lipinski definition) is 5. The van der Waals surface area contributed by atoms with Gasteiger partial charge in [0.15, 0.2) is 11.3 Å². The van der Waals surface area contributed by atoms with Crippen LogP contribution in [0.3, 0.4) is 0 Å². The zero-order chi connectivity index (χ0) is 19.9. The van der Waals surface area contributed by atoms with Crippen molar-refractivity contribution in [2.45, 2.75) is 24.7 Å². The standard InChI is InChI=1S/C20H21N3O4S/c1-14-5-7-15(8-6-14)22(2)28(25,26)16-9-10-18-17(13-16)19(21-27-18)20(24)23-11-3-4-12-23/h5-10,13H,3-4,11-12H2,1-2H3. The second-order valence-electron chi connectivity index (χ2n) is 7.00. The largest absolute Gasteiger partial charge is 0.355 e. The summed E-state index contributed by atoms with van der Waals surface area (Å²) in [5.74, 6) is -0.224. The molecule has 0 saturated carbocycles. The molecular formula is C20H21N3O4S. The van der Waals surface area contributed by atoms with Crippen LogP contribution < -0.4 is 4.31 Å². The van der Waals surface area contributed by atoms with Gasteiger partial charge in [0.25, 0.3) is 15.9 Å². The van der Waals surface area contributed by atoms with E-state index in [1.165, 1.54) is 23.5 Å². The third kappa shape index (κ3) is 3.13. The summed E-state index contributed by atoms with van der Waals surface area (Å²) in [4.78, 5) is 14.5. The highest BCUT2D eigenvalue weighted by Gasteiger charge is 2.27. The average molecular weight is 399 g/mol. The van der Waals surface area contributed by atoms with Crippen molar-refractivity contribution in [3.63, 3.8) is 0 Å². The van der Waals surface area contributed by atoms with Gasteiger partial charge in [-0.3, -0.25) is 9.10 Å². The van der Waals surface area contributed by atoms with E-state index in [1.807, 2.05) is 19.1 Å². The van der Waals surface area contributed by atoms with E-state index in [0.29, 0.717) is 29.7 Å². The summed E-state index contributed by atoms with van der Waals surface area (Å²) in [6, 6.07) is 11.7. The maximum atomic E-state index is 13.1. The van der Waals surface area contributed by atoms with E-state index >= 15 is 0 Å². The molecule has 1 aliphatic rings. The number of amides is 1. The van der Waals surface area contributed by atoms with Crippen LogP contribution in [0.4, 0.5) is 5.69 Å². The third-order valence-corrected chi connectivity index (χ3v) is 6.87. The van der Waals surface area contributed by atoms with Crippen molar-refractivity contribution in [1.82, 2.24) is 10.1 Å². The first-order chi connectivity index (χ1) is 13.4. The van der Waals surface area contributed by atoms with E-state index in [9.17, 15) is 13.2 Å². The third-order valence-electron chi connectivity index (χ3n) is 5.09. The van der Waals surface area contributed by atoms with Gasteiger partial charge >= 0.3 is 0 Å². The normalized spacial score (nSPS) is 14.6. The predicted molar refractivity (Wildman–Crippen MR) is 106 cm³/mol. The van der Waals surface area contributed by atoms with Crippen LogP contribution in [0.5, 0.6) is 0 Å². The van der Waals surface area contributed by atoms with Crippen molar-refractivity contribution in [3.8, 4) is 0 Å². The number of fused-ring (bicyclic) bond motifs is 1. The smallest absolute Gasteiger partial charge is 0.276 e. The Morgan fingerprint density at radius 2 is 1.79 bits per heavy atom. The first-order valence-corrected chi connectivity index (χ1v) is 10.6. The van der Waals surface area contributed by atoms with Gasteiger partial charge in [0.05, 0.1) is 16.0 Å². The van der Waals surface area contributed by atoms with Crippen LogP contribution in [0.25, 0.3) is 11.0 Å². The molecule has 0 aliphatic carbocycles. The summed E-state index contributed by atoms with van der Waals surface area (Å²) in [6.45, 7) is 3.31. The number of aryl methyl sites for hydroxylation is 1. The second kappa shape index (κ2) is 6.94. The first-order valence-electron chi connectivity index (χ1n) is 9.12. The van der Waals surface area contributed by atoms with E-state index < -0.39 is 10.0 Å².